The third-order valence-electron chi connectivity index (χ3n) is 3.42. The van der Waals surface area contributed by atoms with Crippen molar-refractivity contribution in [3.8, 4) is 0 Å². The molecule has 5 heteroatoms. The van der Waals surface area contributed by atoms with Gasteiger partial charge in [-0.1, -0.05) is 12.8 Å². The van der Waals surface area contributed by atoms with Crippen molar-refractivity contribution < 1.29 is 0 Å². The predicted octanol–water partition coefficient (Wildman–Crippen LogP) is 2.90. The zero-order valence-corrected chi connectivity index (χ0v) is 10.9. The Morgan fingerprint density at radius 2 is 2.00 bits per heavy atom. The maximum atomic E-state index is 5.34. The van der Waals surface area contributed by atoms with Gasteiger partial charge in [0.1, 0.15) is 0 Å². The molecule has 0 spiro atoms. The summed E-state index contributed by atoms with van der Waals surface area (Å²) < 4.78 is 2.99. The highest BCUT2D eigenvalue weighted by Gasteiger charge is 2.22. The van der Waals surface area contributed by atoms with E-state index in [4.69, 9.17) is 12.2 Å². The van der Waals surface area contributed by atoms with Crippen LogP contribution in [0.4, 0.5) is 5.95 Å². The van der Waals surface area contributed by atoms with Crippen LogP contribution in [-0.2, 0) is 0 Å². The third kappa shape index (κ3) is 2.00. The molecule has 0 unspecified atom stereocenters. The second kappa shape index (κ2) is 4.99. The summed E-state index contributed by atoms with van der Waals surface area (Å²) in [6.07, 6.45) is 5.11. The number of aromatic amines is 1. The summed E-state index contributed by atoms with van der Waals surface area (Å²) in [7, 11) is 0. The summed E-state index contributed by atoms with van der Waals surface area (Å²) >= 11 is 5.34. The smallest absolute Gasteiger partial charge is 0.225 e. The molecule has 0 aromatic carbocycles. The molecule has 1 fully saturated rings. The minimum Gasteiger partial charge on any atom is -0.342 e. The first-order chi connectivity index (χ1) is 7.77. The van der Waals surface area contributed by atoms with E-state index >= 15 is 0 Å². The highest BCUT2D eigenvalue weighted by atomic mass is 32.1. The molecule has 16 heavy (non-hydrogen) atoms. The van der Waals surface area contributed by atoms with E-state index in [0.29, 0.717) is 6.04 Å². The van der Waals surface area contributed by atoms with Gasteiger partial charge in [0.15, 0.2) is 4.77 Å². The highest BCUT2D eigenvalue weighted by Crippen LogP contribution is 2.32. The minimum atomic E-state index is 0.557. The number of hydrogen-bond donors (Lipinski definition) is 1. The summed E-state index contributed by atoms with van der Waals surface area (Å²) in [6.45, 7) is 6.26. The van der Waals surface area contributed by atoms with E-state index < -0.39 is 0 Å². The lowest BCUT2D eigenvalue weighted by Crippen LogP contribution is -2.26. The molecule has 0 saturated heterocycles. The molecule has 1 aliphatic rings. The Balaban J connectivity index is 2.34. The average Bonchev–Trinajstić information content (AvgIpc) is 2.90. The Bertz CT molecular complexity index is 385. The molecule has 0 amide bonds. The number of aromatic nitrogens is 3. The first-order valence-corrected chi connectivity index (χ1v) is 6.60. The van der Waals surface area contributed by atoms with Gasteiger partial charge < -0.3 is 4.90 Å². The molecule has 1 N–H and O–H groups in total. The Kier molecular flexibility index (Phi) is 3.63. The van der Waals surface area contributed by atoms with Crippen LogP contribution in [0.5, 0.6) is 0 Å². The van der Waals surface area contributed by atoms with Crippen molar-refractivity contribution in [1.29, 1.82) is 0 Å². The molecule has 0 atom stereocenters. The maximum Gasteiger partial charge on any atom is 0.225 e. The van der Waals surface area contributed by atoms with E-state index in [1.807, 2.05) is 0 Å². The molecule has 0 bridgehead atoms. The van der Waals surface area contributed by atoms with Gasteiger partial charge in [-0.2, -0.15) is 0 Å². The molecular weight excluding hydrogens is 220 g/mol. The van der Waals surface area contributed by atoms with Gasteiger partial charge in [-0.25, -0.2) is 5.10 Å². The number of anilines is 1. The van der Waals surface area contributed by atoms with Crippen LogP contribution in [0.2, 0.25) is 0 Å². The van der Waals surface area contributed by atoms with Gasteiger partial charge in [-0.3, -0.25) is 4.57 Å². The van der Waals surface area contributed by atoms with Gasteiger partial charge in [0.05, 0.1) is 0 Å². The summed E-state index contributed by atoms with van der Waals surface area (Å²) in [6, 6.07) is 0.557. The first-order valence-electron chi connectivity index (χ1n) is 6.19. The molecule has 1 aromatic rings. The normalized spacial score (nSPS) is 16.9. The van der Waals surface area contributed by atoms with Crippen LogP contribution in [-0.4, -0.2) is 27.9 Å². The molecule has 4 nitrogen and oxygen atoms in total. The topological polar surface area (TPSA) is 36.9 Å². The number of hydrogen-bond acceptors (Lipinski definition) is 3. The number of H-pyrrole nitrogens is 1. The largest absolute Gasteiger partial charge is 0.342 e. The standard InChI is InChI=1S/C11H20N4S/c1-3-14(4-2)10-12-13-11(16)15(10)9-7-5-6-8-9/h9H,3-8H2,1-2H3,(H,13,16). The third-order valence-corrected chi connectivity index (χ3v) is 3.71. The molecule has 1 heterocycles. The SMILES string of the molecule is CCN(CC)c1n[nH]c(=S)n1C1CCCC1. The maximum absolute atomic E-state index is 5.34. The molecule has 1 aromatic heterocycles. The van der Waals surface area contributed by atoms with E-state index in [2.05, 4.69) is 33.5 Å². The first kappa shape index (κ1) is 11.6. The lowest BCUT2D eigenvalue weighted by atomic mass is 10.2. The van der Waals surface area contributed by atoms with Crippen LogP contribution in [0.15, 0.2) is 0 Å². The summed E-state index contributed by atoms with van der Waals surface area (Å²) in [4.78, 5) is 2.25. The Morgan fingerprint density at radius 1 is 1.38 bits per heavy atom. The van der Waals surface area contributed by atoms with Crippen molar-refractivity contribution in [3.05, 3.63) is 4.77 Å². The van der Waals surface area contributed by atoms with Crippen LogP contribution in [0, 0.1) is 4.77 Å². The fraction of sp³-hybridized carbons (Fsp3) is 0.818. The number of nitrogens with zero attached hydrogens (tertiary/aromatic N) is 3. The van der Waals surface area contributed by atoms with E-state index in [1.54, 1.807) is 0 Å². The molecule has 2 rings (SSSR count). The van der Waals surface area contributed by atoms with Crippen molar-refractivity contribution >= 4 is 18.2 Å². The van der Waals surface area contributed by atoms with E-state index in [9.17, 15) is 0 Å². The van der Waals surface area contributed by atoms with Crippen LogP contribution in [0.3, 0.4) is 0 Å². The van der Waals surface area contributed by atoms with Crippen LogP contribution in [0.25, 0.3) is 0 Å². The zero-order valence-electron chi connectivity index (χ0n) is 10.1. The van der Waals surface area contributed by atoms with Gasteiger partial charge in [0.25, 0.3) is 0 Å². The Morgan fingerprint density at radius 3 is 2.56 bits per heavy atom. The second-order valence-electron chi connectivity index (χ2n) is 4.31. The quantitative estimate of drug-likeness (QED) is 0.822. The van der Waals surface area contributed by atoms with Crippen molar-refractivity contribution in [2.75, 3.05) is 18.0 Å². The monoisotopic (exact) mass is 240 g/mol. The van der Waals surface area contributed by atoms with Crippen LogP contribution in [0.1, 0.15) is 45.6 Å². The molecule has 1 saturated carbocycles. The molecule has 0 radical (unpaired) electrons. The molecular formula is C11H20N4S. The van der Waals surface area contributed by atoms with E-state index in [0.717, 1.165) is 23.8 Å². The highest BCUT2D eigenvalue weighted by molar-refractivity contribution is 7.71. The lowest BCUT2D eigenvalue weighted by Gasteiger charge is -2.23. The zero-order chi connectivity index (χ0) is 11.5. The van der Waals surface area contributed by atoms with Crippen LogP contribution >= 0.6 is 12.2 Å². The average molecular weight is 240 g/mol. The van der Waals surface area contributed by atoms with Crippen molar-refractivity contribution in [2.45, 2.75) is 45.6 Å². The predicted molar refractivity (Wildman–Crippen MR) is 68.5 cm³/mol. The van der Waals surface area contributed by atoms with Crippen LogP contribution < -0.4 is 4.90 Å². The number of nitrogens with one attached hydrogen (secondary N) is 1. The fourth-order valence-electron chi connectivity index (χ4n) is 2.52. The van der Waals surface area contributed by atoms with E-state index in [1.165, 1.54) is 25.7 Å². The Hall–Kier alpha value is -0.840. The summed E-state index contributed by atoms with van der Waals surface area (Å²) in [5.41, 5.74) is 0. The van der Waals surface area contributed by atoms with Crippen molar-refractivity contribution in [3.63, 3.8) is 0 Å². The summed E-state index contributed by atoms with van der Waals surface area (Å²) in [5.74, 6) is 1.02. The second-order valence-corrected chi connectivity index (χ2v) is 4.70. The van der Waals surface area contributed by atoms with Gasteiger partial charge >= 0.3 is 0 Å². The fourth-order valence-corrected chi connectivity index (χ4v) is 2.79. The van der Waals surface area contributed by atoms with Gasteiger partial charge in [0.2, 0.25) is 5.95 Å². The molecule has 0 aliphatic heterocycles. The van der Waals surface area contributed by atoms with Crippen molar-refractivity contribution in [2.24, 2.45) is 0 Å². The summed E-state index contributed by atoms with van der Waals surface area (Å²) in [5, 5.41) is 7.31. The molecule has 90 valence electrons. The number of rotatable bonds is 4. The van der Waals surface area contributed by atoms with Gasteiger partial charge in [-0.15, -0.1) is 5.10 Å². The molecule has 1 aliphatic carbocycles. The van der Waals surface area contributed by atoms with Gasteiger partial charge in [0, 0.05) is 19.1 Å². The van der Waals surface area contributed by atoms with Crippen molar-refractivity contribution in [1.82, 2.24) is 14.8 Å². The lowest BCUT2D eigenvalue weighted by molar-refractivity contribution is 0.507. The minimum absolute atomic E-state index is 0.557. The van der Waals surface area contributed by atoms with E-state index in [-0.39, 0.29) is 0 Å². The van der Waals surface area contributed by atoms with Gasteiger partial charge in [-0.05, 0) is 38.9 Å². The Labute approximate surface area is 102 Å².